The number of quaternary nitrogens is 1. The molecule has 33 heavy (non-hydrogen) atoms. The summed E-state index contributed by atoms with van der Waals surface area (Å²) in [5.74, 6) is -1.54. The molecular formula is C27H46ClNO4. The zero-order chi connectivity index (χ0) is 24.1. The number of hydrogen-bond acceptors (Lipinski definition) is 4. The normalized spacial score (nSPS) is 13.2. The predicted molar refractivity (Wildman–Crippen MR) is 138 cm³/mol. The number of aliphatic carboxylic acids is 1. The Balaban J connectivity index is 0. The smallest absolute Gasteiger partial charge is 0.306 e. The first-order valence-electron chi connectivity index (χ1n) is 12.0. The highest BCUT2D eigenvalue weighted by Gasteiger charge is 2.22. The van der Waals surface area contributed by atoms with E-state index in [-0.39, 0.29) is 24.8 Å². The maximum absolute atomic E-state index is 12.0. The fourth-order valence-electron chi connectivity index (χ4n) is 3.11. The molecule has 5 nitrogen and oxygen atoms in total. The van der Waals surface area contributed by atoms with Crippen molar-refractivity contribution in [2.45, 2.75) is 83.7 Å². The number of carboxylic acid groups (broad SMARTS) is 1. The second kappa shape index (κ2) is 22.0. The Morgan fingerprint density at radius 2 is 1.30 bits per heavy atom. The third-order valence-corrected chi connectivity index (χ3v) is 4.65. The van der Waals surface area contributed by atoms with Crippen molar-refractivity contribution in [2.24, 2.45) is 0 Å². The molecule has 0 fully saturated rings. The summed E-state index contributed by atoms with van der Waals surface area (Å²) in [6.45, 7) is 2.67. The topological polar surface area (TPSA) is 66.4 Å². The number of carbonyl (C=O) groups excluding carboxylic acids is 2. The maximum atomic E-state index is 12.0. The van der Waals surface area contributed by atoms with E-state index in [4.69, 9.17) is 4.74 Å². The quantitative estimate of drug-likeness (QED) is 0.108. The zero-order valence-corrected chi connectivity index (χ0v) is 22.0. The van der Waals surface area contributed by atoms with Gasteiger partial charge in [-0.3, -0.25) is 4.79 Å². The van der Waals surface area contributed by atoms with Crippen LogP contribution < -0.4 is 5.11 Å². The largest absolute Gasteiger partial charge is 0.550 e. The van der Waals surface area contributed by atoms with Gasteiger partial charge in [-0.15, -0.1) is 12.4 Å². The number of allylic oxidation sites excluding steroid dienone is 8. The van der Waals surface area contributed by atoms with Crippen molar-refractivity contribution >= 4 is 24.3 Å². The van der Waals surface area contributed by atoms with Crippen LogP contribution in [0.15, 0.2) is 48.6 Å². The fourth-order valence-corrected chi connectivity index (χ4v) is 3.11. The number of rotatable bonds is 19. The molecule has 1 atom stereocenters. The van der Waals surface area contributed by atoms with E-state index in [1.54, 1.807) is 0 Å². The van der Waals surface area contributed by atoms with Gasteiger partial charge in [0.1, 0.15) is 6.54 Å². The van der Waals surface area contributed by atoms with Gasteiger partial charge in [0.2, 0.25) is 0 Å². The molecule has 0 spiro atoms. The highest BCUT2D eigenvalue weighted by molar-refractivity contribution is 5.85. The van der Waals surface area contributed by atoms with Crippen LogP contribution in [0.1, 0.15) is 77.6 Å². The molecule has 0 aromatic carbocycles. The first-order valence-corrected chi connectivity index (χ1v) is 12.0. The number of carbonyl (C=O) groups is 2. The summed E-state index contributed by atoms with van der Waals surface area (Å²) in [5.41, 5.74) is 0. The first kappa shape index (κ1) is 33.3. The van der Waals surface area contributed by atoms with Gasteiger partial charge in [0, 0.05) is 18.8 Å². The molecule has 0 aromatic rings. The molecule has 0 aromatic heterocycles. The standard InChI is InChI=1S/C27H45NO4.ClH/c1-5-6-7-8-9-10-11-12-13-14-15-16-17-18-19-20-21-22-27(31)32-25(23-26(29)30)24-28(2,3)4;/h9-10,12-13,15-16,18-19,25H,5-8,11,14,17,20-24H2,1-4H3;1H/b10-9-,13-12-,16-15-,19-18-;. The molecule has 0 amide bonds. The molecule has 0 bridgehead atoms. The van der Waals surface area contributed by atoms with Gasteiger partial charge in [-0.25, -0.2) is 0 Å². The number of halogens is 1. The van der Waals surface area contributed by atoms with Crippen LogP contribution in [-0.4, -0.2) is 50.2 Å². The van der Waals surface area contributed by atoms with Crippen LogP contribution in [0.25, 0.3) is 0 Å². The molecule has 0 aliphatic carbocycles. The Labute approximate surface area is 208 Å². The van der Waals surface area contributed by atoms with Crippen LogP contribution in [0.2, 0.25) is 0 Å². The van der Waals surface area contributed by atoms with Gasteiger partial charge < -0.3 is 19.1 Å². The Morgan fingerprint density at radius 3 is 1.76 bits per heavy atom. The van der Waals surface area contributed by atoms with Crippen LogP contribution in [0.5, 0.6) is 0 Å². The monoisotopic (exact) mass is 483 g/mol. The third-order valence-electron chi connectivity index (χ3n) is 4.65. The van der Waals surface area contributed by atoms with Crippen LogP contribution in [0, 0.1) is 0 Å². The molecule has 0 heterocycles. The first-order chi connectivity index (χ1) is 15.2. The lowest BCUT2D eigenvalue weighted by atomic mass is 10.2. The summed E-state index contributed by atoms with van der Waals surface area (Å²) in [7, 11) is 5.79. The minimum Gasteiger partial charge on any atom is -0.550 e. The Kier molecular flexibility index (Phi) is 22.2. The second-order valence-electron chi connectivity index (χ2n) is 9.14. The Hall–Kier alpha value is -1.85. The van der Waals surface area contributed by atoms with E-state index in [1.165, 1.54) is 25.7 Å². The van der Waals surface area contributed by atoms with E-state index >= 15 is 0 Å². The van der Waals surface area contributed by atoms with Crippen molar-refractivity contribution in [3.8, 4) is 0 Å². The molecule has 0 radical (unpaired) electrons. The van der Waals surface area contributed by atoms with Crippen LogP contribution in [0.3, 0.4) is 0 Å². The third kappa shape index (κ3) is 26.3. The summed E-state index contributed by atoms with van der Waals surface area (Å²) < 4.78 is 5.87. The van der Waals surface area contributed by atoms with E-state index in [0.29, 0.717) is 23.9 Å². The minimum absolute atomic E-state index is 0. The van der Waals surface area contributed by atoms with E-state index in [0.717, 1.165) is 25.7 Å². The summed E-state index contributed by atoms with van der Waals surface area (Å²) in [4.78, 5) is 22.9. The van der Waals surface area contributed by atoms with E-state index in [9.17, 15) is 14.7 Å². The molecule has 0 saturated heterocycles. The molecule has 190 valence electrons. The molecule has 0 N–H and O–H groups in total. The van der Waals surface area contributed by atoms with Crippen LogP contribution >= 0.6 is 12.4 Å². The minimum atomic E-state index is -1.20. The fraction of sp³-hybridized carbons (Fsp3) is 0.630. The highest BCUT2D eigenvalue weighted by Crippen LogP contribution is 2.08. The van der Waals surface area contributed by atoms with Crippen molar-refractivity contribution in [3.63, 3.8) is 0 Å². The average molecular weight is 484 g/mol. The molecule has 1 unspecified atom stereocenters. The van der Waals surface area contributed by atoms with Crippen LogP contribution in [0.4, 0.5) is 0 Å². The predicted octanol–water partition coefficient (Wildman–Crippen LogP) is 5.31. The van der Waals surface area contributed by atoms with Crippen molar-refractivity contribution in [3.05, 3.63) is 48.6 Å². The summed E-state index contributed by atoms with van der Waals surface area (Å²) in [6.07, 6.45) is 26.1. The average Bonchev–Trinajstić information content (AvgIpc) is 2.68. The second-order valence-corrected chi connectivity index (χ2v) is 9.14. The molecule has 0 aliphatic heterocycles. The van der Waals surface area contributed by atoms with Crippen molar-refractivity contribution in [2.75, 3.05) is 27.7 Å². The molecular weight excluding hydrogens is 438 g/mol. The molecule has 6 heteroatoms. The Morgan fingerprint density at radius 1 is 0.818 bits per heavy atom. The molecule has 0 saturated carbocycles. The SMILES string of the molecule is CCCCC/C=C\C/C=C\C/C=C\C/C=C\CCCC(=O)OC(CC(=O)[O-])C[N+](C)(C)C.Cl. The van der Waals surface area contributed by atoms with Gasteiger partial charge in [-0.05, 0) is 44.9 Å². The van der Waals surface area contributed by atoms with E-state index in [1.807, 2.05) is 21.1 Å². The number of ether oxygens (including phenoxy) is 1. The Bertz CT molecular complexity index is 618. The van der Waals surface area contributed by atoms with Gasteiger partial charge in [0.05, 0.1) is 21.1 Å². The number of hydrogen-bond donors (Lipinski definition) is 0. The van der Waals surface area contributed by atoms with Gasteiger partial charge in [-0.2, -0.15) is 0 Å². The van der Waals surface area contributed by atoms with Gasteiger partial charge in [0.25, 0.3) is 0 Å². The summed E-state index contributed by atoms with van der Waals surface area (Å²) in [6, 6.07) is 0. The van der Waals surface area contributed by atoms with E-state index < -0.39 is 12.1 Å². The molecule has 0 aliphatic rings. The molecule has 0 rings (SSSR count). The number of nitrogens with zero attached hydrogens (tertiary/aromatic N) is 1. The van der Waals surface area contributed by atoms with Crippen LogP contribution in [-0.2, 0) is 14.3 Å². The van der Waals surface area contributed by atoms with Gasteiger partial charge in [-0.1, -0.05) is 68.4 Å². The van der Waals surface area contributed by atoms with Gasteiger partial charge in [0.15, 0.2) is 6.10 Å². The van der Waals surface area contributed by atoms with Crippen molar-refractivity contribution in [1.29, 1.82) is 0 Å². The maximum Gasteiger partial charge on any atom is 0.306 e. The lowest BCUT2D eigenvalue weighted by Gasteiger charge is -2.29. The summed E-state index contributed by atoms with van der Waals surface area (Å²) in [5, 5.41) is 10.9. The summed E-state index contributed by atoms with van der Waals surface area (Å²) >= 11 is 0. The number of likely N-dealkylation sites (N-methyl/N-ethyl adjacent to an activating group) is 1. The lowest BCUT2D eigenvalue weighted by Crippen LogP contribution is -2.45. The van der Waals surface area contributed by atoms with Crippen molar-refractivity contribution in [1.82, 2.24) is 0 Å². The lowest BCUT2D eigenvalue weighted by molar-refractivity contribution is -0.873. The van der Waals surface area contributed by atoms with Gasteiger partial charge >= 0.3 is 5.97 Å². The number of carboxylic acids is 1. The number of esters is 1. The number of unbranched alkanes of at least 4 members (excludes halogenated alkanes) is 4. The zero-order valence-electron chi connectivity index (χ0n) is 21.2. The highest BCUT2D eigenvalue weighted by atomic mass is 35.5. The van der Waals surface area contributed by atoms with Crippen molar-refractivity contribution < 1.29 is 23.9 Å². The van der Waals surface area contributed by atoms with E-state index in [2.05, 4.69) is 55.5 Å².